The molecule has 0 aromatic rings. The van der Waals surface area contributed by atoms with E-state index in [1.165, 1.54) is 25.7 Å². The fraction of sp³-hybridized carbons (Fsp3) is 1.00. The van der Waals surface area contributed by atoms with Crippen LogP contribution in [0.3, 0.4) is 0 Å². The second-order valence-electron chi connectivity index (χ2n) is 8.06. The van der Waals surface area contributed by atoms with E-state index in [0.717, 1.165) is 33.0 Å². The topological polar surface area (TPSA) is 57.2 Å². The van der Waals surface area contributed by atoms with Gasteiger partial charge in [-0.1, -0.05) is 27.2 Å². The zero-order valence-corrected chi connectivity index (χ0v) is 18.4. The second-order valence-corrected chi connectivity index (χ2v) is 11.7. The van der Waals surface area contributed by atoms with E-state index in [-0.39, 0.29) is 29.6 Å². The molecule has 0 N–H and O–H groups in total. The SMILES string of the molecule is CC(C)(C)C1CCC(PC2CCCC(S(=O)(=O)[O-])C2)CC1.[Na+]. The van der Waals surface area contributed by atoms with Gasteiger partial charge in [0.15, 0.2) is 0 Å². The molecule has 0 bridgehead atoms. The van der Waals surface area contributed by atoms with Gasteiger partial charge in [0.05, 0.1) is 15.4 Å². The third kappa shape index (κ3) is 6.33. The summed E-state index contributed by atoms with van der Waals surface area (Å²) in [5, 5.41) is -0.602. The monoisotopic (exact) mass is 356 g/mol. The van der Waals surface area contributed by atoms with Crippen LogP contribution in [0.1, 0.15) is 72.1 Å². The Kier molecular flexibility index (Phi) is 8.39. The zero-order valence-electron chi connectivity index (χ0n) is 14.6. The molecule has 0 aromatic heterocycles. The molecule has 6 heteroatoms. The van der Waals surface area contributed by atoms with Crippen LogP contribution in [-0.4, -0.2) is 29.5 Å². The molecule has 0 saturated heterocycles. The Balaban J connectivity index is 0.00000242. The summed E-state index contributed by atoms with van der Waals surface area (Å²) in [6.45, 7) is 7.02. The average Bonchev–Trinajstić information content (AvgIpc) is 2.37. The van der Waals surface area contributed by atoms with Crippen molar-refractivity contribution in [2.24, 2.45) is 11.3 Å². The van der Waals surface area contributed by atoms with Crippen LogP contribution in [0.5, 0.6) is 0 Å². The molecule has 0 aliphatic heterocycles. The van der Waals surface area contributed by atoms with Crippen molar-refractivity contribution in [3.05, 3.63) is 0 Å². The summed E-state index contributed by atoms with van der Waals surface area (Å²) < 4.78 is 33.7. The van der Waals surface area contributed by atoms with Crippen molar-refractivity contribution in [2.45, 2.75) is 88.7 Å². The van der Waals surface area contributed by atoms with E-state index < -0.39 is 15.4 Å². The van der Waals surface area contributed by atoms with E-state index >= 15 is 0 Å². The molecule has 0 aromatic carbocycles. The van der Waals surface area contributed by atoms with Crippen molar-refractivity contribution in [2.75, 3.05) is 0 Å². The molecule has 124 valence electrons. The summed E-state index contributed by atoms with van der Waals surface area (Å²) in [5.74, 6) is 0.833. The standard InChI is InChI=1S/C16H31O3PS.Na/c1-16(2,3)12-7-9-13(10-8-12)20-14-5-4-6-15(11-14)21(17,18)19;/h12-15,20H,4-11H2,1-3H3,(H,17,18,19);/q;+1/p-1. The van der Waals surface area contributed by atoms with Crippen LogP contribution < -0.4 is 29.6 Å². The maximum Gasteiger partial charge on any atom is 1.00 e. The summed E-state index contributed by atoms with van der Waals surface area (Å²) in [6, 6.07) is 0. The van der Waals surface area contributed by atoms with Crippen LogP contribution in [0.2, 0.25) is 0 Å². The molecule has 2 fully saturated rings. The van der Waals surface area contributed by atoms with E-state index in [0.29, 0.717) is 23.9 Å². The van der Waals surface area contributed by atoms with Crippen molar-refractivity contribution in [3.8, 4) is 0 Å². The molecule has 22 heavy (non-hydrogen) atoms. The van der Waals surface area contributed by atoms with Crippen LogP contribution in [0.25, 0.3) is 0 Å². The molecule has 3 unspecified atom stereocenters. The minimum absolute atomic E-state index is 0. The maximum atomic E-state index is 11.2. The number of hydrogen-bond donors (Lipinski definition) is 0. The van der Waals surface area contributed by atoms with E-state index in [9.17, 15) is 13.0 Å². The summed E-state index contributed by atoms with van der Waals surface area (Å²) in [5.41, 5.74) is 1.69. The van der Waals surface area contributed by atoms with Crippen molar-refractivity contribution in [1.82, 2.24) is 0 Å². The first-order valence-electron chi connectivity index (χ1n) is 8.37. The summed E-state index contributed by atoms with van der Waals surface area (Å²) in [7, 11) is -3.21. The van der Waals surface area contributed by atoms with Gasteiger partial charge < -0.3 is 4.55 Å². The summed E-state index contributed by atoms with van der Waals surface area (Å²) >= 11 is 0. The minimum Gasteiger partial charge on any atom is -0.748 e. The van der Waals surface area contributed by atoms with Gasteiger partial charge >= 0.3 is 29.6 Å². The Hall–Kier alpha value is 1.34. The molecule has 2 saturated carbocycles. The molecule has 3 atom stereocenters. The van der Waals surface area contributed by atoms with Gasteiger partial charge in [0.2, 0.25) is 0 Å². The predicted molar refractivity (Wildman–Crippen MR) is 89.3 cm³/mol. The van der Waals surface area contributed by atoms with Gasteiger partial charge in [-0.15, -0.1) is 8.58 Å². The zero-order chi connectivity index (χ0) is 15.7. The second kappa shape index (κ2) is 8.63. The van der Waals surface area contributed by atoms with E-state index in [4.69, 9.17) is 0 Å². The Labute approximate surface area is 160 Å². The first-order chi connectivity index (χ1) is 9.66. The number of hydrogen-bond acceptors (Lipinski definition) is 3. The predicted octanol–water partition coefficient (Wildman–Crippen LogP) is 1.13. The first-order valence-corrected chi connectivity index (χ1v) is 11.0. The third-order valence-electron chi connectivity index (χ3n) is 5.46. The van der Waals surface area contributed by atoms with Crippen LogP contribution >= 0.6 is 8.58 Å². The molecular weight excluding hydrogens is 326 g/mol. The van der Waals surface area contributed by atoms with Gasteiger partial charge in [-0.2, -0.15) is 0 Å². The maximum absolute atomic E-state index is 11.2. The normalized spacial score (nSPS) is 34.5. The smallest absolute Gasteiger partial charge is 0.748 e. The van der Waals surface area contributed by atoms with E-state index in [1.807, 2.05) is 0 Å². The fourth-order valence-corrected chi connectivity index (χ4v) is 7.24. The van der Waals surface area contributed by atoms with Crippen molar-refractivity contribution in [1.29, 1.82) is 0 Å². The Bertz CT molecular complexity index is 439. The average molecular weight is 356 g/mol. The van der Waals surface area contributed by atoms with Gasteiger partial charge in [0, 0.05) is 0 Å². The minimum atomic E-state index is -4.07. The Morgan fingerprint density at radius 3 is 2.05 bits per heavy atom. The van der Waals surface area contributed by atoms with Gasteiger partial charge in [-0.05, 0) is 67.6 Å². The van der Waals surface area contributed by atoms with Crippen LogP contribution in [0.4, 0.5) is 0 Å². The van der Waals surface area contributed by atoms with Crippen LogP contribution in [-0.2, 0) is 10.1 Å². The molecule has 2 aliphatic carbocycles. The third-order valence-corrected chi connectivity index (χ3v) is 8.75. The molecule has 0 spiro atoms. The Morgan fingerprint density at radius 2 is 1.55 bits per heavy atom. The molecule has 2 aliphatic rings. The van der Waals surface area contributed by atoms with Gasteiger partial charge in [-0.3, -0.25) is 0 Å². The summed E-state index contributed by atoms with van der Waals surface area (Å²) in [4.78, 5) is 0. The van der Waals surface area contributed by atoms with Gasteiger partial charge in [0.1, 0.15) is 0 Å². The quantitative estimate of drug-likeness (QED) is 0.433. The Morgan fingerprint density at radius 1 is 0.955 bits per heavy atom. The van der Waals surface area contributed by atoms with Crippen molar-refractivity contribution >= 4 is 18.7 Å². The molecule has 0 amide bonds. The van der Waals surface area contributed by atoms with Gasteiger partial charge in [-0.25, -0.2) is 8.42 Å². The van der Waals surface area contributed by atoms with Crippen LogP contribution in [0, 0.1) is 11.3 Å². The molecule has 0 radical (unpaired) electrons. The molecular formula is C16H30NaO3PS. The number of rotatable bonds is 3. The molecule has 3 nitrogen and oxygen atoms in total. The van der Waals surface area contributed by atoms with Gasteiger partial charge in [0.25, 0.3) is 0 Å². The van der Waals surface area contributed by atoms with Crippen LogP contribution in [0.15, 0.2) is 0 Å². The van der Waals surface area contributed by atoms with Crippen molar-refractivity contribution in [3.63, 3.8) is 0 Å². The first kappa shape index (κ1) is 21.4. The van der Waals surface area contributed by atoms with E-state index in [2.05, 4.69) is 20.8 Å². The molecule has 0 heterocycles. The molecule has 2 rings (SSSR count). The fourth-order valence-electron chi connectivity index (χ4n) is 4.02. The van der Waals surface area contributed by atoms with Crippen molar-refractivity contribution < 1.29 is 42.5 Å². The largest absolute Gasteiger partial charge is 1.00 e. The summed E-state index contributed by atoms with van der Waals surface area (Å²) in [6.07, 6.45) is 8.49. The van der Waals surface area contributed by atoms with E-state index in [1.54, 1.807) is 0 Å².